The van der Waals surface area contributed by atoms with Gasteiger partial charge in [0.1, 0.15) is 0 Å². The molecule has 0 saturated heterocycles. The minimum atomic E-state index is 0. The molecule has 0 unspecified atom stereocenters. The van der Waals surface area contributed by atoms with E-state index in [9.17, 15) is 0 Å². The molecular weight excluding hydrogens is 285 g/mol. The van der Waals surface area contributed by atoms with E-state index in [1.807, 2.05) is 13.8 Å². The van der Waals surface area contributed by atoms with Gasteiger partial charge in [-0.25, -0.2) is 0 Å². The standard InChI is InChI=1S/C10H7I.C2H6.H3N/c11-10-7-3-5-8-4-1-2-6-9(8)10;1-2;/h1-7H;1-2H3;1H3. The van der Waals surface area contributed by atoms with Gasteiger partial charge in [0.15, 0.2) is 0 Å². The molecular formula is C12H16IN. The third-order valence-electron chi connectivity index (χ3n) is 1.74. The molecule has 0 atom stereocenters. The Kier molecular flexibility index (Phi) is 6.49. The van der Waals surface area contributed by atoms with Crippen molar-refractivity contribution in [1.29, 1.82) is 0 Å². The van der Waals surface area contributed by atoms with Gasteiger partial charge in [0.2, 0.25) is 0 Å². The van der Waals surface area contributed by atoms with Gasteiger partial charge in [0.25, 0.3) is 0 Å². The van der Waals surface area contributed by atoms with E-state index in [1.54, 1.807) is 0 Å². The van der Waals surface area contributed by atoms with Crippen molar-refractivity contribution in [2.75, 3.05) is 0 Å². The van der Waals surface area contributed by atoms with Crippen LogP contribution in [0.25, 0.3) is 10.8 Å². The first-order valence-corrected chi connectivity index (χ1v) is 5.59. The summed E-state index contributed by atoms with van der Waals surface area (Å²) in [6, 6.07) is 14.8. The summed E-state index contributed by atoms with van der Waals surface area (Å²) in [7, 11) is 0. The van der Waals surface area contributed by atoms with E-state index in [0.717, 1.165) is 0 Å². The number of hydrogen-bond donors (Lipinski definition) is 1. The first kappa shape index (κ1) is 13.4. The number of benzene rings is 2. The normalized spacial score (nSPS) is 8.50. The fourth-order valence-electron chi connectivity index (χ4n) is 1.19. The number of hydrogen-bond acceptors (Lipinski definition) is 1. The van der Waals surface area contributed by atoms with Crippen LogP contribution in [0.3, 0.4) is 0 Å². The van der Waals surface area contributed by atoms with Gasteiger partial charge in [-0.3, -0.25) is 0 Å². The smallest absolute Gasteiger partial charge is 0.0208 e. The van der Waals surface area contributed by atoms with E-state index in [1.165, 1.54) is 14.3 Å². The average molecular weight is 301 g/mol. The van der Waals surface area contributed by atoms with Crippen LogP contribution in [-0.4, -0.2) is 0 Å². The molecule has 14 heavy (non-hydrogen) atoms. The molecule has 0 saturated carbocycles. The molecule has 0 radical (unpaired) electrons. The van der Waals surface area contributed by atoms with Gasteiger partial charge in [-0.2, -0.15) is 0 Å². The van der Waals surface area contributed by atoms with Crippen LogP contribution in [0.5, 0.6) is 0 Å². The highest BCUT2D eigenvalue weighted by Crippen LogP contribution is 2.19. The van der Waals surface area contributed by atoms with Gasteiger partial charge in [0.05, 0.1) is 0 Å². The van der Waals surface area contributed by atoms with E-state index in [2.05, 4.69) is 65.1 Å². The van der Waals surface area contributed by atoms with Gasteiger partial charge in [0, 0.05) is 3.57 Å². The van der Waals surface area contributed by atoms with Crippen LogP contribution in [0, 0.1) is 3.57 Å². The third kappa shape index (κ3) is 2.96. The molecule has 0 aliphatic rings. The minimum Gasteiger partial charge on any atom is -0.344 e. The molecule has 1 nitrogen and oxygen atoms in total. The van der Waals surface area contributed by atoms with Crippen LogP contribution in [-0.2, 0) is 0 Å². The van der Waals surface area contributed by atoms with E-state index in [0.29, 0.717) is 0 Å². The predicted molar refractivity (Wildman–Crippen MR) is 73.0 cm³/mol. The molecule has 2 rings (SSSR count). The van der Waals surface area contributed by atoms with Crippen molar-refractivity contribution >= 4 is 33.4 Å². The monoisotopic (exact) mass is 301 g/mol. The van der Waals surface area contributed by atoms with Gasteiger partial charge in [-0.05, 0) is 39.4 Å². The SMILES string of the molecule is CC.Ic1cccc2ccccc12.N. The second-order valence-corrected chi connectivity index (χ2v) is 3.62. The lowest BCUT2D eigenvalue weighted by molar-refractivity contribution is 1.50. The molecule has 0 bridgehead atoms. The molecule has 2 aromatic rings. The Morgan fingerprint density at radius 2 is 1.43 bits per heavy atom. The fourth-order valence-corrected chi connectivity index (χ4v) is 1.88. The van der Waals surface area contributed by atoms with Crippen molar-refractivity contribution in [1.82, 2.24) is 6.15 Å². The lowest BCUT2D eigenvalue weighted by Crippen LogP contribution is -1.74. The predicted octanol–water partition coefficient (Wildman–Crippen LogP) is 4.63. The van der Waals surface area contributed by atoms with Gasteiger partial charge in [-0.15, -0.1) is 0 Å². The van der Waals surface area contributed by atoms with Crippen molar-refractivity contribution in [3.05, 3.63) is 46.0 Å². The van der Waals surface area contributed by atoms with Crippen LogP contribution < -0.4 is 6.15 Å². The molecule has 0 spiro atoms. The Morgan fingerprint density at radius 1 is 0.857 bits per heavy atom. The largest absolute Gasteiger partial charge is 0.344 e. The quantitative estimate of drug-likeness (QED) is 0.707. The van der Waals surface area contributed by atoms with Gasteiger partial charge in [-0.1, -0.05) is 50.2 Å². The van der Waals surface area contributed by atoms with Crippen LogP contribution in [0.4, 0.5) is 0 Å². The highest BCUT2D eigenvalue weighted by molar-refractivity contribution is 14.1. The highest BCUT2D eigenvalue weighted by atomic mass is 127. The molecule has 3 N–H and O–H groups in total. The van der Waals surface area contributed by atoms with Crippen molar-refractivity contribution < 1.29 is 0 Å². The average Bonchev–Trinajstić information content (AvgIpc) is 2.22. The van der Waals surface area contributed by atoms with E-state index in [-0.39, 0.29) is 6.15 Å². The van der Waals surface area contributed by atoms with E-state index >= 15 is 0 Å². The Bertz CT molecular complexity index is 379. The summed E-state index contributed by atoms with van der Waals surface area (Å²) in [6.45, 7) is 4.00. The lowest BCUT2D eigenvalue weighted by Gasteiger charge is -1.97. The zero-order chi connectivity index (χ0) is 9.68. The maximum absolute atomic E-state index is 2.36. The summed E-state index contributed by atoms with van der Waals surface area (Å²) in [5, 5.41) is 2.66. The number of fused-ring (bicyclic) bond motifs is 1. The highest BCUT2D eigenvalue weighted by Gasteiger charge is 1.93. The summed E-state index contributed by atoms with van der Waals surface area (Å²) in [4.78, 5) is 0. The molecule has 0 fully saturated rings. The van der Waals surface area contributed by atoms with E-state index in [4.69, 9.17) is 0 Å². The Morgan fingerprint density at radius 3 is 2.07 bits per heavy atom. The van der Waals surface area contributed by atoms with Gasteiger partial charge >= 0.3 is 0 Å². The molecule has 76 valence electrons. The second kappa shape index (κ2) is 6.79. The molecule has 2 aromatic carbocycles. The van der Waals surface area contributed by atoms with Crippen LogP contribution >= 0.6 is 22.6 Å². The maximum Gasteiger partial charge on any atom is 0.0208 e. The number of halogens is 1. The first-order valence-electron chi connectivity index (χ1n) is 4.51. The summed E-state index contributed by atoms with van der Waals surface area (Å²) < 4.78 is 1.32. The molecule has 0 aromatic heterocycles. The maximum atomic E-state index is 2.36. The minimum absolute atomic E-state index is 0. The third-order valence-corrected chi connectivity index (χ3v) is 2.68. The van der Waals surface area contributed by atoms with Crippen LogP contribution in [0.2, 0.25) is 0 Å². The van der Waals surface area contributed by atoms with Crippen LogP contribution in [0.1, 0.15) is 13.8 Å². The zero-order valence-corrected chi connectivity index (χ0v) is 10.8. The second-order valence-electron chi connectivity index (χ2n) is 2.46. The Hall–Kier alpha value is -0.610. The summed E-state index contributed by atoms with van der Waals surface area (Å²) in [6.07, 6.45) is 0. The molecule has 0 amide bonds. The summed E-state index contributed by atoms with van der Waals surface area (Å²) >= 11 is 2.36. The summed E-state index contributed by atoms with van der Waals surface area (Å²) in [5.41, 5.74) is 0. The molecule has 0 aliphatic heterocycles. The van der Waals surface area contributed by atoms with Crippen molar-refractivity contribution in [3.8, 4) is 0 Å². The Balaban J connectivity index is 0.000000531. The zero-order valence-electron chi connectivity index (χ0n) is 8.63. The molecule has 2 heteroatoms. The van der Waals surface area contributed by atoms with Crippen molar-refractivity contribution in [3.63, 3.8) is 0 Å². The van der Waals surface area contributed by atoms with Crippen LogP contribution in [0.15, 0.2) is 42.5 Å². The Labute approximate surface area is 99.2 Å². The first-order chi connectivity index (χ1) is 6.38. The topological polar surface area (TPSA) is 35.0 Å². The van der Waals surface area contributed by atoms with Crippen molar-refractivity contribution in [2.24, 2.45) is 0 Å². The summed E-state index contributed by atoms with van der Waals surface area (Å²) in [5.74, 6) is 0. The van der Waals surface area contributed by atoms with E-state index < -0.39 is 0 Å². The number of rotatable bonds is 0. The lowest BCUT2D eigenvalue weighted by atomic mass is 10.1. The van der Waals surface area contributed by atoms with Crippen molar-refractivity contribution in [2.45, 2.75) is 13.8 Å². The molecule has 0 heterocycles. The van der Waals surface area contributed by atoms with Gasteiger partial charge < -0.3 is 6.15 Å². The fraction of sp³-hybridized carbons (Fsp3) is 0.167. The molecule has 0 aliphatic carbocycles.